The summed E-state index contributed by atoms with van der Waals surface area (Å²) in [6.45, 7) is 4.49. The first kappa shape index (κ1) is 9.77. The molecule has 0 bridgehead atoms. The van der Waals surface area contributed by atoms with Crippen LogP contribution in [0.4, 0.5) is 0 Å². The van der Waals surface area contributed by atoms with Crippen LogP contribution >= 0.6 is 0 Å². The highest BCUT2D eigenvalue weighted by molar-refractivity contribution is 5.85. The van der Waals surface area contributed by atoms with Crippen LogP contribution in [0.15, 0.2) is 29.1 Å². The van der Waals surface area contributed by atoms with Crippen molar-refractivity contribution in [1.29, 1.82) is 0 Å². The molecule has 0 fully saturated rings. The molecule has 0 aliphatic rings. The third-order valence-corrected chi connectivity index (χ3v) is 2.56. The molecule has 1 heterocycles. The molecule has 2 rings (SSSR count). The molecule has 0 unspecified atom stereocenters. The molecule has 1 aromatic heterocycles. The van der Waals surface area contributed by atoms with Crippen molar-refractivity contribution in [1.82, 2.24) is 4.57 Å². The molecule has 15 heavy (non-hydrogen) atoms. The Balaban J connectivity index is 2.98. The fourth-order valence-corrected chi connectivity index (χ4v) is 1.80. The minimum Gasteiger partial charge on any atom is -0.507 e. The third-order valence-electron chi connectivity index (χ3n) is 2.56. The summed E-state index contributed by atoms with van der Waals surface area (Å²) in [5, 5.41) is 10.4. The van der Waals surface area contributed by atoms with Crippen LogP contribution in [0.2, 0.25) is 0 Å². The zero-order valence-electron chi connectivity index (χ0n) is 8.82. The lowest BCUT2D eigenvalue weighted by molar-refractivity contribution is 0.479. The molecule has 0 aliphatic heterocycles. The van der Waals surface area contributed by atoms with Crippen LogP contribution in [0.3, 0.4) is 0 Å². The van der Waals surface area contributed by atoms with Gasteiger partial charge in [-0.25, -0.2) is 0 Å². The van der Waals surface area contributed by atoms with E-state index in [9.17, 15) is 9.90 Å². The maximum Gasteiger partial charge on any atom is 0.254 e. The zero-order chi connectivity index (χ0) is 11.0. The van der Waals surface area contributed by atoms with Gasteiger partial charge in [0, 0.05) is 18.0 Å². The zero-order valence-corrected chi connectivity index (χ0v) is 8.82. The predicted octanol–water partition coefficient (Wildman–Crippen LogP) is 2.04. The average Bonchev–Trinajstić information content (AvgIpc) is 2.17. The molecule has 78 valence electrons. The van der Waals surface area contributed by atoms with Crippen LogP contribution in [0, 0.1) is 6.92 Å². The number of nitrogens with zero attached hydrogens (tertiary/aromatic N) is 1. The Morgan fingerprint density at radius 2 is 2.07 bits per heavy atom. The first-order valence-electron chi connectivity index (χ1n) is 4.96. The molecule has 0 aliphatic carbocycles. The molecular formula is C12H13NO2. The predicted molar refractivity (Wildman–Crippen MR) is 60.3 cm³/mol. The van der Waals surface area contributed by atoms with E-state index in [2.05, 4.69) is 0 Å². The first-order chi connectivity index (χ1) is 7.13. The maximum absolute atomic E-state index is 11.6. The molecule has 0 amide bonds. The molecule has 0 saturated heterocycles. The van der Waals surface area contributed by atoms with Crippen molar-refractivity contribution in [2.45, 2.75) is 20.4 Å². The fourth-order valence-electron chi connectivity index (χ4n) is 1.80. The van der Waals surface area contributed by atoms with E-state index < -0.39 is 0 Å². The van der Waals surface area contributed by atoms with Crippen LogP contribution < -0.4 is 5.56 Å². The van der Waals surface area contributed by atoms with Crippen LogP contribution in [0.25, 0.3) is 10.9 Å². The molecular weight excluding hydrogens is 190 g/mol. The second-order valence-electron chi connectivity index (χ2n) is 3.63. The molecule has 2 aromatic rings. The topological polar surface area (TPSA) is 42.2 Å². The lowest BCUT2D eigenvalue weighted by Gasteiger charge is -2.09. The number of aryl methyl sites for hydroxylation is 2. The van der Waals surface area contributed by atoms with Gasteiger partial charge in [0.1, 0.15) is 5.75 Å². The summed E-state index contributed by atoms with van der Waals surface area (Å²) in [6.07, 6.45) is 0. The smallest absolute Gasteiger partial charge is 0.254 e. The lowest BCUT2D eigenvalue weighted by atomic mass is 10.1. The van der Waals surface area contributed by atoms with Crippen LogP contribution in [-0.2, 0) is 6.54 Å². The van der Waals surface area contributed by atoms with E-state index in [1.165, 1.54) is 6.07 Å². The number of fused-ring (bicyclic) bond motifs is 1. The molecule has 0 radical (unpaired) electrons. The van der Waals surface area contributed by atoms with Crippen molar-refractivity contribution in [2.24, 2.45) is 0 Å². The van der Waals surface area contributed by atoms with Crippen molar-refractivity contribution in [3.63, 3.8) is 0 Å². The van der Waals surface area contributed by atoms with E-state index in [1.807, 2.05) is 32.0 Å². The minimum atomic E-state index is -0.159. The average molecular weight is 203 g/mol. The number of hydrogen-bond acceptors (Lipinski definition) is 2. The molecule has 3 nitrogen and oxygen atoms in total. The summed E-state index contributed by atoms with van der Waals surface area (Å²) >= 11 is 0. The summed E-state index contributed by atoms with van der Waals surface area (Å²) in [5.41, 5.74) is 1.71. The lowest BCUT2D eigenvalue weighted by Crippen LogP contribution is -2.18. The van der Waals surface area contributed by atoms with Gasteiger partial charge in [0.2, 0.25) is 0 Å². The Morgan fingerprint density at radius 1 is 1.33 bits per heavy atom. The van der Waals surface area contributed by atoms with Crippen molar-refractivity contribution < 1.29 is 5.11 Å². The normalized spacial score (nSPS) is 10.8. The summed E-state index contributed by atoms with van der Waals surface area (Å²) in [6, 6.07) is 6.94. The van der Waals surface area contributed by atoms with Gasteiger partial charge in [0.15, 0.2) is 0 Å². The van der Waals surface area contributed by atoms with Crippen molar-refractivity contribution >= 4 is 10.9 Å². The maximum atomic E-state index is 11.6. The Bertz CT molecular complexity index is 570. The Kier molecular flexibility index (Phi) is 2.23. The Morgan fingerprint density at radius 3 is 2.73 bits per heavy atom. The molecule has 3 heteroatoms. The monoisotopic (exact) mass is 203 g/mol. The highest BCUT2D eigenvalue weighted by Crippen LogP contribution is 2.23. The number of hydrogen-bond donors (Lipinski definition) is 1. The van der Waals surface area contributed by atoms with E-state index in [4.69, 9.17) is 0 Å². The minimum absolute atomic E-state index is 0.0553. The van der Waals surface area contributed by atoms with Gasteiger partial charge in [-0.3, -0.25) is 4.79 Å². The van der Waals surface area contributed by atoms with Gasteiger partial charge in [0.25, 0.3) is 5.56 Å². The number of benzene rings is 1. The second-order valence-corrected chi connectivity index (χ2v) is 3.63. The van der Waals surface area contributed by atoms with Gasteiger partial charge in [-0.05, 0) is 31.5 Å². The summed E-state index contributed by atoms with van der Waals surface area (Å²) in [4.78, 5) is 11.6. The SMILES string of the molecule is CCn1c(=O)cc(O)c2ccc(C)cc21. The van der Waals surface area contributed by atoms with Crippen LogP contribution in [0.1, 0.15) is 12.5 Å². The fraction of sp³-hybridized carbons (Fsp3) is 0.250. The van der Waals surface area contributed by atoms with Crippen molar-refractivity contribution in [2.75, 3.05) is 0 Å². The number of rotatable bonds is 1. The van der Waals surface area contributed by atoms with Gasteiger partial charge in [0.05, 0.1) is 5.52 Å². The van der Waals surface area contributed by atoms with Gasteiger partial charge in [-0.15, -0.1) is 0 Å². The number of aromatic hydroxyl groups is 1. The quantitative estimate of drug-likeness (QED) is 0.770. The van der Waals surface area contributed by atoms with Gasteiger partial charge >= 0.3 is 0 Å². The molecule has 0 spiro atoms. The third kappa shape index (κ3) is 1.50. The summed E-state index contributed by atoms with van der Waals surface area (Å²) < 4.78 is 1.65. The van der Waals surface area contributed by atoms with Crippen LogP contribution in [0.5, 0.6) is 5.75 Å². The van der Waals surface area contributed by atoms with Crippen molar-refractivity contribution in [3.8, 4) is 5.75 Å². The van der Waals surface area contributed by atoms with E-state index in [1.54, 1.807) is 4.57 Å². The number of aromatic nitrogens is 1. The molecule has 1 aromatic carbocycles. The highest BCUT2D eigenvalue weighted by atomic mass is 16.3. The molecule has 0 saturated carbocycles. The Labute approximate surface area is 87.6 Å². The molecule has 0 atom stereocenters. The van der Waals surface area contributed by atoms with Gasteiger partial charge in [-0.1, -0.05) is 6.07 Å². The van der Waals surface area contributed by atoms with Crippen molar-refractivity contribution in [3.05, 3.63) is 40.2 Å². The van der Waals surface area contributed by atoms with E-state index in [0.717, 1.165) is 16.5 Å². The van der Waals surface area contributed by atoms with E-state index >= 15 is 0 Å². The van der Waals surface area contributed by atoms with E-state index in [0.29, 0.717) is 6.54 Å². The van der Waals surface area contributed by atoms with E-state index in [-0.39, 0.29) is 11.3 Å². The highest BCUT2D eigenvalue weighted by Gasteiger charge is 2.06. The second kappa shape index (κ2) is 3.42. The largest absolute Gasteiger partial charge is 0.507 e. The summed E-state index contributed by atoms with van der Waals surface area (Å²) in [5.74, 6) is 0.0553. The summed E-state index contributed by atoms with van der Waals surface area (Å²) in [7, 11) is 0. The van der Waals surface area contributed by atoms with Gasteiger partial charge < -0.3 is 9.67 Å². The first-order valence-corrected chi connectivity index (χ1v) is 4.96. The Hall–Kier alpha value is -1.77. The van der Waals surface area contributed by atoms with Gasteiger partial charge in [-0.2, -0.15) is 0 Å². The number of pyridine rings is 1. The molecule has 1 N–H and O–H groups in total. The van der Waals surface area contributed by atoms with Crippen LogP contribution in [-0.4, -0.2) is 9.67 Å². The standard InChI is InChI=1S/C12H13NO2/c1-3-13-10-6-8(2)4-5-9(10)11(14)7-12(13)15/h4-7,14H,3H2,1-2H3.